The molecule has 3 N–H and O–H groups in total. The van der Waals surface area contributed by atoms with Crippen molar-refractivity contribution in [1.82, 2.24) is 5.32 Å². The summed E-state index contributed by atoms with van der Waals surface area (Å²) >= 11 is 5.99. The second-order valence-electron chi connectivity index (χ2n) is 8.51. The summed E-state index contributed by atoms with van der Waals surface area (Å²) < 4.78 is 0. The molecule has 7 heteroatoms. The number of hydrogen-bond donors (Lipinski definition) is 3. The average Bonchev–Trinajstić information content (AvgIpc) is 3.62. The van der Waals surface area contributed by atoms with Gasteiger partial charge in [-0.15, -0.1) is 0 Å². The van der Waals surface area contributed by atoms with Crippen molar-refractivity contribution in [2.24, 2.45) is 0 Å². The van der Waals surface area contributed by atoms with Gasteiger partial charge in [0, 0.05) is 41.2 Å². The first kappa shape index (κ1) is 21.3. The standard InChI is InChI=1S/C26H25ClN4O2/c27-19-6-3-7-21(14-19)29-26(33)30-22-10-11-24(23(15-22)25(32)28-20-8-9-20)31-13-12-17-4-1-2-5-18(17)16-31/h1-7,10-11,14-15,20H,8-9,12-13,16H2,(H,28,32)(H2,29,30,33). The van der Waals surface area contributed by atoms with Crippen molar-refractivity contribution in [2.75, 3.05) is 22.1 Å². The van der Waals surface area contributed by atoms with Crippen molar-refractivity contribution < 1.29 is 9.59 Å². The molecule has 3 aromatic rings. The molecular weight excluding hydrogens is 436 g/mol. The van der Waals surface area contributed by atoms with Gasteiger partial charge in [-0.05, 0) is 66.8 Å². The molecule has 0 atom stereocenters. The summed E-state index contributed by atoms with van der Waals surface area (Å²) in [4.78, 5) is 27.8. The Hall–Kier alpha value is -3.51. The van der Waals surface area contributed by atoms with Crippen LogP contribution in [-0.4, -0.2) is 24.5 Å². The fourth-order valence-corrected chi connectivity index (χ4v) is 4.31. The second kappa shape index (κ2) is 9.16. The molecule has 6 nitrogen and oxygen atoms in total. The number of halogens is 1. The van der Waals surface area contributed by atoms with Gasteiger partial charge in [0.15, 0.2) is 0 Å². The summed E-state index contributed by atoms with van der Waals surface area (Å²) in [6.07, 6.45) is 2.96. The first-order chi connectivity index (χ1) is 16.0. The molecule has 1 fully saturated rings. The molecule has 1 heterocycles. The van der Waals surface area contributed by atoms with Gasteiger partial charge in [-0.25, -0.2) is 4.79 Å². The van der Waals surface area contributed by atoms with Crippen LogP contribution in [0.5, 0.6) is 0 Å². The van der Waals surface area contributed by atoms with E-state index in [1.165, 1.54) is 11.1 Å². The van der Waals surface area contributed by atoms with Crippen LogP contribution in [0, 0.1) is 0 Å². The molecule has 0 aromatic heterocycles. The van der Waals surface area contributed by atoms with Crippen LogP contribution in [-0.2, 0) is 13.0 Å². The number of anilines is 3. The number of rotatable bonds is 5. The Morgan fingerprint density at radius 2 is 1.64 bits per heavy atom. The first-order valence-corrected chi connectivity index (χ1v) is 11.5. The van der Waals surface area contributed by atoms with E-state index in [0.717, 1.165) is 38.0 Å². The van der Waals surface area contributed by atoms with Gasteiger partial charge in [-0.2, -0.15) is 0 Å². The van der Waals surface area contributed by atoms with Crippen LogP contribution in [0.2, 0.25) is 5.02 Å². The van der Waals surface area contributed by atoms with Gasteiger partial charge in [-0.3, -0.25) is 4.79 Å². The van der Waals surface area contributed by atoms with Crippen molar-refractivity contribution >= 4 is 40.6 Å². The highest BCUT2D eigenvalue weighted by molar-refractivity contribution is 6.30. The van der Waals surface area contributed by atoms with E-state index in [0.29, 0.717) is 22.0 Å². The molecule has 3 amide bonds. The lowest BCUT2D eigenvalue weighted by Gasteiger charge is -2.32. The van der Waals surface area contributed by atoms with Crippen LogP contribution < -0.4 is 20.9 Å². The molecule has 0 spiro atoms. The third-order valence-electron chi connectivity index (χ3n) is 5.97. The van der Waals surface area contributed by atoms with Crippen LogP contribution >= 0.6 is 11.6 Å². The van der Waals surface area contributed by atoms with Crippen molar-refractivity contribution in [3.8, 4) is 0 Å². The Morgan fingerprint density at radius 1 is 0.879 bits per heavy atom. The molecule has 0 saturated heterocycles. The van der Waals surface area contributed by atoms with Crippen LogP contribution in [0.3, 0.4) is 0 Å². The number of nitrogens with one attached hydrogen (secondary N) is 3. The molecule has 1 aliphatic heterocycles. The third kappa shape index (κ3) is 5.12. The molecular formula is C26H25ClN4O2. The monoisotopic (exact) mass is 460 g/mol. The van der Waals surface area contributed by atoms with Gasteiger partial charge < -0.3 is 20.9 Å². The van der Waals surface area contributed by atoms with Crippen LogP contribution in [0.15, 0.2) is 66.7 Å². The van der Waals surface area contributed by atoms with E-state index < -0.39 is 6.03 Å². The Kier molecular flexibility index (Phi) is 5.92. The summed E-state index contributed by atoms with van der Waals surface area (Å²) in [5.41, 5.74) is 5.23. The number of carbonyl (C=O) groups excluding carboxylic acids is 2. The van der Waals surface area contributed by atoms with E-state index in [1.807, 2.05) is 12.1 Å². The highest BCUT2D eigenvalue weighted by Gasteiger charge is 2.27. The van der Waals surface area contributed by atoms with E-state index in [-0.39, 0.29) is 11.9 Å². The van der Waals surface area contributed by atoms with Gasteiger partial charge in [-0.1, -0.05) is 41.9 Å². The zero-order valence-electron chi connectivity index (χ0n) is 18.1. The molecule has 5 rings (SSSR count). The summed E-state index contributed by atoms with van der Waals surface area (Å²) in [5, 5.41) is 9.22. The van der Waals surface area contributed by atoms with E-state index in [9.17, 15) is 9.59 Å². The van der Waals surface area contributed by atoms with Crippen molar-refractivity contribution in [3.63, 3.8) is 0 Å². The van der Waals surface area contributed by atoms with Crippen LogP contribution in [0.4, 0.5) is 21.9 Å². The molecule has 0 unspecified atom stereocenters. The van der Waals surface area contributed by atoms with Crippen molar-refractivity contribution in [1.29, 1.82) is 0 Å². The zero-order valence-corrected chi connectivity index (χ0v) is 18.9. The average molecular weight is 461 g/mol. The van der Waals surface area contributed by atoms with E-state index >= 15 is 0 Å². The summed E-state index contributed by atoms with van der Waals surface area (Å²) in [5.74, 6) is -0.106. The normalized spacial score (nSPS) is 14.9. The third-order valence-corrected chi connectivity index (χ3v) is 6.20. The molecule has 0 radical (unpaired) electrons. The maximum Gasteiger partial charge on any atom is 0.323 e. The zero-order chi connectivity index (χ0) is 22.8. The molecule has 33 heavy (non-hydrogen) atoms. The van der Waals surface area contributed by atoms with Gasteiger partial charge in [0.1, 0.15) is 0 Å². The van der Waals surface area contributed by atoms with E-state index in [4.69, 9.17) is 11.6 Å². The summed E-state index contributed by atoms with van der Waals surface area (Å²) in [6, 6.07) is 20.7. The number of carbonyl (C=O) groups is 2. The maximum absolute atomic E-state index is 13.1. The number of fused-ring (bicyclic) bond motifs is 1. The Labute approximate surface area is 197 Å². The maximum atomic E-state index is 13.1. The molecule has 168 valence electrons. The van der Waals surface area contributed by atoms with Gasteiger partial charge in [0.05, 0.1) is 5.56 Å². The predicted molar refractivity (Wildman–Crippen MR) is 132 cm³/mol. The fraction of sp³-hybridized carbons (Fsp3) is 0.231. The second-order valence-corrected chi connectivity index (χ2v) is 8.95. The highest BCUT2D eigenvalue weighted by Crippen LogP contribution is 2.30. The van der Waals surface area contributed by atoms with Gasteiger partial charge >= 0.3 is 6.03 Å². The topological polar surface area (TPSA) is 73.5 Å². The Bertz CT molecular complexity index is 1210. The lowest BCUT2D eigenvalue weighted by atomic mass is 9.98. The number of nitrogens with zero attached hydrogens (tertiary/aromatic N) is 1. The predicted octanol–water partition coefficient (Wildman–Crippen LogP) is 5.44. The number of hydrogen-bond acceptors (Lipinski definition) is 3. The Morgan fingerprint density at radius 3 is 2.39 bits per heavy atom. The number of benzene rings is 3. The SMILES string of the molecule is O=C(Nc1cccc(Cl)c1)Nc1ccc(N2CCc3ccccc3C2)c(C(=O)NC2CC2)c1. The molecule has 0 bridgehead atoms. The lowest BCUT2D eigenvalue weighted by Crippen LogP contribution is -2.33. The first-order valence-electron chi connectivity index (χ1n) is 11.2. The van der Waals surface area contributed by atoms with E-state index in [1.54, 1.807) is 30.3 Å². The summed E-state index contributed by atoms with van der Waals surface area (Å²) in [7, 11) is 0. The van der Waals surface area contributed by atoms with Crippen LogP contribution in [0.25, 0.3) is 0 Å². The Balaban J connectivity index is 1.37. The largest absolute Gasteiger partial charge is 0.366 e. The molecule has 2 aliphatic rings. The quantitative estimate of drug-likeness (QED) is 0.474. The molecule has 1 aliphatic carbocycles. The molecule has 3 aromatic carbocycles. The number of urea groups is 1. The molecule has 1 saturated carbocycles. The minimum atomic E-state index is -0.398. The van der Waals surface area contributed by atoms with Crippen molar-refractivity contribution in [2.45, 2.75) is 31.8 Å². The van der Waals surface area contributed by atoms with Crippen molar-refractivity contribution in [3.05, 3.63) is 88.4 Å². The van der Waals surface area contributed by atoms with Crippen LogP contribution in [0.1, 0.15) is 34.3 Å². The lowest BCUT2D eigenvalue weighted by molar-refractivity contribution is 0.0951. The highest BCUT2D eigenvalue weighted by atomic mass is 35.5. The fourth-order valence-electron chi connectivity index (χ4n) is 4.12. The minimum Gasteiger partial charge on any atom is -0.366 e. The van der Waals surface area contributed by atoms with Gasteiger partial charge in [0.25, 0.3) is 5.91 Å². The summed E-state index contributed by atoms with van der Waals surface area (Å²) in [6.45, 7) is 1.59. The smallest absolute Gasteiger partial charge is 0.323 e. The minimum absolute atomic E-state index is 0.106. The van der Waals surface area contributed by atoms with E-state index in [2.05, 4.69) is 45.1 Å². The number of amides is 3. The van der Waals surface area contributed by atoms with Gasteiger partial charge in [0.2, 0.25) is 0 Å².